The van der Waals surface area contributed by atoms with Crippen molar-refractivity contribution >= 4 is 45.4 Å². The van der Waals surface area contributed by atoms with E-state index in [1.807, 2.05) is 31.2 Å². The molecule has 2 aromatic carbocycles. The summed E-state index contributed by atoms with van der Waals surface area (Å²) in [5.41, 5.74) is 3.99. The van der Waals surface area contributed by atoms with Gasteiger partial charge in [-0.1, -0.05) is 30.0 Å². The molecule has 1 aliphatic heterocycles. The second-order valence-electron chi connectivity index (χ2n) is 7.18. The lowest BCUT2D eigenvalue weighted by Crippen LogP contribution is -2.43. The van der Waals surface area contributed by atoms with Crippen molar-refractivity contribution in [2.45, 2.75) is 31.0 Å². The number of aromatic nitrogens is 4. The van der Waals surface area contributed by atoms with Crippen molar-refractivity contribution in [2.75, 3.05) is 10.7 Å². The van der Waals surface area contributed by atoms with Gasteiger partial charge >= 0.3 is 0 Å². The standard InChI is InChI=1S/C21H18FN5OS/c1-12-6-7-13-10-14(22)8-9-17(13)27(12)18(28)11-29-21-24-20-19(25-26-21)15-4-2-3-5-16(15)23-20/h2-5,8-10,12H,6-7,11H2,1H3,(H,23,24,26)/t12-/m0/s1. The number of nitrogens with zero attached hydrogens (tertiary/aromatic N) is 4. The topological polar surface area (TPSA) is 74.8 Å². The Balaban J connectivity index is 1.37. The number of aryl methyl sites for hydroxylation is 1. The number of rotatable bonds is 3. The maximum absolute atomic E-state index is 13.6. The molecule has 1 aliphatic rings. The van der Waals surface area contributed by atoms with Crippen LogP contribution in [0.2, 0.25) is 0 Å². The molecule has 146 valence electrons. The average Bonchev–Trinajstić information content (AvgIpc) is 3.10. The summed E-state index contributed by atoms with van der Waals surface area (Å²) in [6, 6.07) is 12.5. The van der Waals surface area contributed by atoms with Crippen LogP contribution in [0.1, 0.15) is 18.9 Å². The van der Waals surface area contributed by atoms with Gasteiger partial charge < -0.3 is 9.88 Å². The highest BCUT2D eigenvalue weighted by atomic mass is 32.2. The lowest BCUT2D eigenvalue weighted by Gasteiger charge is -2.35. The zero-order valence-corrected chi connectivity index (χ0v) is 16.5. The van der Waals surface area contributed by atoms with Gasteiger partial charge in [0.05, 0.1) is 5.75 Å². The Labute approximate surface area is 170 Å². The van der Waals surface area contributed by atoms with Crippen molar-refractivity contribution < 1.29 is 9.18 Å². The van der Waals surface area contributed by atoms with E-state index in [-0.39, 0.29) is 23.5 Å². The number of H-pyrrole nitrogens is 1. The highest BCUT2D eigenvalue weighted by molar-refractivity contribution is 7.99. The first kappa shape index (κ1) is 18.1. The van der Waals surface area contributed by atoms with Crippen LogP contribution in [0.25, 0.3) is 22.1 Å². The van der Waals surface area contributed by atoms with Crippen molar-refractivity contribution in [2.24, 2.45) is 0 Å². The van der Waals surface area contributed by atoms with E-state index in [1.54, 1.807) is 11.0 Å². The molecule has 6 nitrogen and oxygen atoms in total. The minimum atomic E-state index is -0.272. The van der Waals surface area contributed by atoms with Gasteiger partial charge in [-0.25, -0.2) is 9.37 Å². The van der Waals surface area contributed by atoms with Gasteiger partial charge in [0.15, 0.2) is 5.65 Å². The number of fused-ring (bicyclic) bond motifs is 4. The number of thioether (sulfide) groups is 1. The van der Waals surface area contributed by atoms with Gasteiger partial charge in [0, 0.05) is 22.6 Å². The number of halogens is 1. The van der Waals surface area contributed by atoms with Crippen LogP contribution >= 0.6 is 11.8 Å². The number of amides is 1. The number of carbonyl (C=O) groups is 1. The summed E-state index contributed by atoms with van der Waals surface area (Å²) in [6.45, 7) is 2.02. The van der Waals surface area contributed by atoms with E-state index in [2.05, 4.69) is 20.2 Å². The molecule has 0 bridgehead atoms. The quantitative estimate of drug-likeness (QED) is 0.518. The summed E-state index contributed by atoms with van der Waals surface area (Å²) in [6.07, 6.45) is 1.58. The molecule has 2 aromatic heterocycles. The molecule has 0 fully saturated rings. The Morgan fingerprint density at radius 2 is 2.14 bits per heavy atom. The lowest BCUT2D eigenvalue weighted by molar-refractivity contribution is -0.116. The van der Waals surface area contributed by atoms with E-state index in [0.29, 0.717) is 10.8 Å². The Morgan fingerprint density at radius 3 is 3.03 bits per heavy atom. The molecular formula is C21H18FN5OS. The van der Waals surface area contributed by atoms with Crippen LogP contribution in [-0.2, 0) is 11.2 Å². The molecular weight excluding hydrogens is 389 g/mol. The molecule has 0 saturated heterocycles. The fourth-order valence-electron chi connectivity index (χ4n) is 3.86. The van der Waals surface area contributed by atoms with Gasteiger partial charge in [0.2, 0.25) is 11.1 Å². The van der Waals surface area contributed by atoms with Crippen LogP contribution in [0.4, 0.5) is 10.1 Å². The Bertz CT molecular complexity index is 1240. The molecule has 29 heavy (non-hydrogen) atoms. The van der Waals surface area contributed by atoms with Gasteiger partial charge in [0.25, 0.3) is 0 Å². The first-order valence-electron chi connectivity index (χ1n) is 9.44. The summed E-state index contributed by atoms with van der Waals surface area (Å²) >= 11 is 1.26. The maximum atomic E-state index is 13.6. The van der Waals surface area contributed by atoms with Crippen LogP contribution < -0.4 is 4.90 Å². The zero-order valence-electron chi connectivity index (χ0n) is 15.7. The molecule has 0 radical (unpaired) electrons. The monoisotopic (exact) mass is 407 g/mol. The van der Waals surface area contributed by atoms with Gasteiger partial charge in [-0.3, -0.25) is 4.79 Å². The van der Waals surface area contributed by atoms with E-state index >= 15 is 0 Å². The Kier molecular flexibility index (Phi) is 4.43. The second-order valence-corrected chi connectivity index (χ2v) is 8.12. The number of benzene rings is 2. The molecule has 0 aliphatic carbocycles. The molecule has 1 N–H and O–H groups in total. The molecule has 0 spiro atoms. The van der Waals surface area contributed by atoms with Gasteiger partial charge in [-0.05, 0) is 49.6 Å². The molecule has 0 unspecified atom stereocenters. The average molecular weight is 407 g/mol. The van der Waals surface area contributed by atoms with E-state index in [1.165, 1.54) is 23.9 Å². The fraction of sp³-hybridized carbons (Fsp3) is 0.238. The van der Waals surface area contributed by atoms with Crippen molar-refractivity contribution in [3.05, 3.63) is 53.8 Å². The molecule has 1 amide bonds. The summed E-state index contributed by atoms with van der Waals surface area (Å²) in [4.78, 5) is 22.5. The molecule has 0 saturated carbocycles. The molecule has 1 atom stereocenters. The van der Waals surface area contributed by atoms with Crippen molar-refractivity contribution in [3.63, 3.8) is 0 Å². The van der Waals surface area contributed by atoms with Crippen LogP contribution in [0.15, 0.2) is 47.6 Å². The van der Waals surface area contributed by atoms with Crippen LogP contribution in [0.3, 0.4) is 0 Å². The number of carbonyl (C=O) groups excluding carboxylic acids is 1. The number of hydrogen-bond acceptors (Lipinski definition) is 5. The summed E-state index contributed by atoms with van der Waals surface area (Å²) in [5.74, 6) is -0.129. The third kappa shape index (κ3) is 3.23. The van der Waals surface area contributed by atoms with E-state index < -0.39 is 0 Å². The second kappa shape index (κ2) is 7.11. The Hall–Kier alpha value is -3.00. The number of nitrogens with one attached hydrogen (secondary N) is 1. The number of anilines is 1. The van der Waals surface area contributed by atoms with E-state index in [0.717, 1.165) is 40.5 Å². The highest BCUT2D eigenvalue weighted by Gasteiger charge is 2.28. The minimum absolute atomic E-state index is 0.0459. The van der Waals surface area contributed by atoms with Crippen LogP contribution in [0, 0.1) is 5.82 Å². The minimum Gasteiger partial charge on any atom is -0.338 e. The summed E-state index contributed by atoms with van der Waals surface area (Å²) in [5, 5.41) is 9.89. The molecule has 5 rings (SSSR count). The summed E-state index contributed by atoms with van der Waals surface area (Å²) < 4.78 is 13.6. The number of aromatic amines is 1. The number of hydrogen-bond donors (Lipinski definition) is 1. The molecule has 8 heteroatoms. The van der Waals surface area contributed by atoms with E-state index in [4.69, 9.17) is 0 Å². The normalized spacial score (nSPS) is 16.3. The SMILES string of the molecule is C[C@H]1CCc2cc(F)ccc2N1C(=O)CSc1nnc2c(n1)[nH]c1ccccc12. The smallest absolute Gasteiger partial charge is 0.237 e. The zero-order chi connectivity index (χ0) is 20.0. The maximum Gasteiger partial charge on any atom is 0.237 e. The van der Waals surface area contributed by atoms with Gasteiger partial charge in [-0.15, -0.1) is 10.2 Å². The largest absolute Gasteiger partial charge is 0.338 e. The lowest BCUT2D eigenvalue weighted by atomic mass is 9.96. The van der Waals surface area contributed by atoms with Crippen molar-refractivity contribution in [1.29, 1.82) is 0 Å². The third-order valence-electron chi connectivity index (χ3n) is 5.27. The first-order valence-corrected chi connectivity index (χ1v) is 10.4. The van der Waals surface area contributed by atoms with E-state index in [9.17, 15) is 9.18 Å². The molecule has 3 heterocycles. The number of para-hydroxylation sites is 1. The van der Waals surface area contributed by atoms with Crippen molar-refractivity contribution in [1.82, 2.24) is 20.2 Å². The summed E-state index contributed by atoms with van der Waals surface area (Å²) in [7, 11) is 0. The van der Waals surface area contributed by atoms with Crippen LogP contribution in [0.5, 0.6) is 0 Å². The van der Waals surface area contributed by atoms with Crippen LogP contribution in [-0.4, -0.2) is 37.9 Å². The predicted octanol–water partition coefficient (Wildman–Crippen LogP) is 4.11. The van der Waals surface area contributed by atoms with Crippen molar-refractivity contribution in [3.8, 4) is 0 Å². The van der Waals surface area contributed by atoms with Gasteiger partial charge in [-0.2, -0.15) is 0 Å². The Morgan fingerprint density at radius 1 is 1.28 bits per heavy atom. The van der Waals surface area contributed by atoms with Gasteiger partial charge in [0.1, 0.15) is 11.3 Å². The molecule has 4 aromatic rings. The first-order chi connectivity index (χ1) is 14.1. The predicted molar refractivity (Wildman–Crippen MR) is 112 cm³/mol. The third-order valence-corrected chi connectivity index (χ3v) is 6.09. The fourth-order valence-corrected chi connectivity index (χ4v) is 4.51. The highest BCUT2D eigenvalue weighted by Crippen LogP contribution is 2.32.